The van der Waals surface area contributed by atoms with Crippen LogP contribution in [0.3, 0.4) is 0 Å². The zero-order valence-corrected chi connectivity index (χ0v) is 31.6. The Morgan fingerprint density at radius 3 is 1.68 bits per heavy atom. The maximum atomic E-state index is 11.0. The van der Waals surface area contributed by atoms with Crippen LogP contribution in [-0.2, 0) is 0 Å². The van der Waals surface area contributed by atoms with Crippen molar-refractivity contribution in [3.05, 3.63) is 205 Å². The van der Waals surface area contributed by atoms with Gasteiger partial charge in [-0.25, -0.2) is 4.85 Å². The van der Waals surface area contributed by atoms with Gasteiger partial charge >= 0.3 is 0 Å². The predicted molar refractivity (Wildman–Crippen MR) is 243 cm³/mol. The number of nitriles is 1. The predicted octanol–water partition coefficient (Wildman–Crippen LogP) is 14.2. The number of para-hydroxylation sites is 3. The number of rotatable bonds is 4. The molecule has 0 spiro atoms. The van der Waals surface area contributed by atoms with Gasteiger partial charge in [-0.15, -0.1) is 0 Å². The van der Waals surface area contributed by atoms with Crippen molar-refractivity contribution in [1.82, 2.24) is 13.7 Å². The first-order valence-corrected chi connectivity index (χ1v) is 19.7. The van der Waals surface area contributed by atoms with Crippen LogP contribution in [0.1, 0.15) is 5.56 Å². The summed E-state index contributed by atoms with van der Waals surface area (Å²) in [5.74, 6) is 0. The Labute approximate surface area is 338 Å². The molecule has 12 aromatic rings. The summed E-state index contributed by atoms with van der Waals surface area (Å²) in [6.07, 6.45) is 0. The average molecular weight is 750 g/mol. The lowest BCUT2D eigenvalue weighted by Gasteiger charge is -2.20. The van der Waals surface area contributed by atoms with Gasteiger partial charge < -0.3 is 13.7 Å². The monoisotopic (exact) mass is 749 g/mol. The largest absolute Gasteiger partial charge is 0.317 e. The second-order valence-corrected chi connectivity index (χ2v) is 15.1. The van der Waals surface area contributed by atoms with Gasteiger partial charge in [0.1, 0.15) is 6.07 Å². The van der Waals surface area contributed by atoms with Gasteiger partial charge in [-0.1, -0.05) is 133 Å². The van der Waals surface area contributed by atoms with Gasteiger partial charge in [0, 0.05) is 38.0 Å². The van der Waals surface area contributed by atoms with Gasteiger partial charge in [0.15, 0.2) is 0 Å². The maximum Gasteiger partial charge on any atom is 0.212 e. The molecule has 3 aromatic heterocycles. The van der Waals surface area contributed by atoms with Crippen LogP contribution in [0.4, 0.5) is 5.69 Å². The number of aromatic nitrogens is 3. The summed E-state index contributed by atoms with van der Waals surface area (Å²) in [5.41, 5.74) is 11.7. The van der Waals surface area contributed by atoms with E-state index in [0.717, 1.165) is 82.2 Å². The molecule has 12 rings (SSSR count). The molecule has 0 aliphatic heterocycles. The lowest BCUT2D eigenvalue weighted by Crippen LogP contribution is -2.06. The third kappa shape index (κ3) is 4.65. The van der Waals surface area contributed by atoms with Gasteiger partial charge in [-0.05, 0) is 76.5 Å². The molecule has 0 unspecified atom stereocenters. The Balaban J connectivity index is 1.22. The highest BCUT2D eigenvalue weighted by Gasteiger charge is 2.26. The highest BCUT2D eigenvalue weighted by Crippen LogP contribution is 2.46. The van der Waals surface area contributed by atoms with Crippen LogP contribution >= 0.6 is 0 Å². The van der Waals surface area contributed by atoms with E-state index in [0.29, 0.717) is 22.6 Å². The summed E-state index contributed by atoms with van der Waals surface area (Å²) in [6, 6.07) is 68.2. The van der Waals surface area contributed by atoms with Gasteiger partial charge in [0.05, 0.1) is 56.6 Å². The van der Waals surface area contributed by atoms with E-state index < -0.39 is 0 Å². The van der Waals surface area contributed by atoms with E-state index in [2.05, 4.69) is 188 Å². The summed E-state index contributed by atoms with van der Waals surface area (Å²) >= 11 is 0. The average Bonchev–Trinajstić information content (AvgIpc) is 3.94. The minimum absolute atomic E-state index is 0.462. The molecule has 0 radical (unpaired) electrons. The fraction of sp³-hybridized carbons (Fsp3) is 0. The molecule has 9 aromatic carbocycles. The molecule has 3 heterocycles. The van der Waals surface area contributed by atoms with Crippen molar-refractivity contribution in [3.63, 3.8) is 0 Å². The van der Waals surface area contributed by atoms with Crippen LogP contribution in [0.15, 0.2) is 188 Å². The molecule has 0 aliphatic rings. The third-order valence-corrected chi connectivity index (χ3v) is 12.1. The van der Waals surface area contributed by atoms with Crippen molar-refractivity contribution in [2.24, 2.45) is 0 Å². The van der Waals surface area contributed by atoms with Crippen LogP contribution in [-0.4, -0.2) is 13.7 Å². The number of benzene rings is 9. The zero-order valence-electron chi connectivity index (χ0n) is 31.6. The van der Waals surface area contributed by atoms with Crippen LogP contribution < -0.4 is 0 Å². The fourth-order valence-electron chi connectivity index (χ4n) is 9.58. The van der Waals surface area contributed by atoms with E-state index in [1.165, 1.54) is 10.8 Å². The molecule has 0 atom stereocenters. The van der Waals surface area contributed by atoms with Crippen LogP contribution in [0.5, 0.6) is 0 Å². The van der Waals surface area contributed by atoms with Gasteiger partial charge in [0.2, 0.25) is 5.69 Å². The lowest BCUT2D eigenvalue weighted by molar-refractivity contribution is 1.09. The molecule has 59 heavy (non-hydrogen) atoms. The van der Waals surface area contributed by atoms with E-state index >= 15 is 0 Å². The van der Waals surface area contributed by atoms with E-state index in [9.17, 15) is 5.26 Å². The standard InChI is InChI=1S/C54H31N5/c1-56-45-27-23-37(33-55)53(58-48-22-12-9-19-42(48)43-31-36(25-28-49(43)58)34-13-3-2-4-14-34)54(45)59-50-30-26-38(32-44(50)52-39-16-6-5-15-35(39)24-29-51(52)59)57-46-20-10-7-17-40(46)41-18-8-11-21-47(41)57/h2-32H. The molecule has 5 heteroatoms. The highest BCUT2D eigenvalue weighted by atomic mass is 15.1. The summed E-state index contributed by atoms with van der Waals surface area (Å²) in [6.45, 7) is 8.63. The summed E-state index contributed by atoms with van der Waals surface area (Å²) in [7, 11) is 0. The minimum Gasteiger partial charge on any atom is -0.317 e. The minimum atomic E-state index is 0.462. The van der Waals surface area contributed by atoms with Gasteiger partial charge in [-0.2, -0.15) is 5.26 Å². The topological polar surface area (TPSA) is 42.9 Å². The Hall–Kier alpha value is -8.38. The molecule has 5 nitrogen and oxygen atoms in total. The first-order valence-electron chi connectivity index (χ1n) is 19.7. The number of nitrogens with zero attached hydrogens (tertiary/aromatic N) is 5. The van der Waals surface area contributed by atoms with Crippen LogP contribution in [0.2, 0.25) is 0 Å². The van der Waals surface area contributed by atoms with Crippen molar-refractivity contribution >= 4 is 81.9 Å². The molecule has 0 N–H and O–H groups in total. The first-order chi connectivity index (χ1) is 29.2. The quantitative estimate of drug-likeness (QED) is 0.165. The van der Waals surface area contributed by atoms with Crippen LogP contribution in [0, 0.1) is 17.9 Å². The number of fused-ring (bicyclic) bond motifs is 11. The van der Waals surface area contributed by atoms with Crippen LogP contribution in [0.25, 0.3) is 109 Å². The van der Waals surface area contributed by atoms with E-state index in [1.54, 1.807) is 12.1 Å². The normalized spacial score (nSPS) is 11.7. The Kier molecular flexibility index (Phi) is 6.99. The van der Waals surface area contributed by atoms with Crippen molar-refractivity contribution in [3.8, 4) is 34.3 Å². The molecule has 0 fully saturated rings. The highest BCUT2D eigenvalue weighted by molar-refractivity contribution is 6.22. The second kappa shape index (κ2) is 12.6. The molecule has 0 saturated heterocycles. The number of hydrogen-bond acceptors (Lipinski definition) is 1. The van der Waals surface area contributed by atoms with Crippen molar-refractivity contribution < 1.29 is 0 Å². The van der Waals surface area contributed by atoms with E-state index in [1.807, 2.05) is 12.1 Å². The third-order valence-electron chi connectivity index (χ3n) is 12.1. The summed E-state index contributed by atoms with van der Waals surface area (Å²) in [4.78, 5) is 4.19. The van der Waals surface area contributed by atoms with Gasteiger partial charge in [-0.3, -0.25) is 0 Å². The molecule has 0 saturated carbocycles. The zero-order chi connectivity index (χ0) is 39.2. The fourth-order valence-corrected chi connectivity index (χ4v) is 9.58. The van der Waals surface area contributed by atoms with Crippen molar-refractivity contribution in [2.75, 3.05) is 0 Å². The lowest BCUT2D eigenvalue weighted by atomic mass is 10.0. The Morgan fingerprint density at radius 2 is 0.966 bits per heavy atom. The Morgan fingerprint density at radius 1 is 0.407 bits per heavy atom. The number of hydrogen-bond donors (Lipinski definition) is 0. The molecular weight excluding hydrogens is 719 g/mol. The maximum absolute atomic E-state index is 11.0. The molecule has 272 valence electrons. The SMILES string of the molecule is [C-]#[N+]c1ccc(C#N)c(-n2c3ccccc3c3cc(-c4ccccc4)ccc32)c1-n1c2ccc(-n3c4ccccc4c4ccccc43)cc2c2c3ccccc3ccc21. The summed E-state index contributed by atoms with van der Waals surface area (Å²) in [5, 5.41) is 20.0. The molecule has 0 aliphatic carbocycles. The van der Waals surface area contributed by atoms with E-state index in [4.69, 9.17) is 6.57 Å². The summed E-state index contributed by atoms with van der Waals surface area (Å²) < 4.78 is 6.79. The molecule has 0 amide bonds. The second-order valence-electron chi connectivity index (χ2n) is 15.1. The first kappa shape index (κ1) is 32.8. The van der Waals surface area contributed by atoms with Gasteiger partial charge in [0.25, 0.3) is 0 Å². The van der Waals surface area contributed by atoms with Crippen molar-refractivity contribution in [1.29, 1.82) is 5.26 Å². The van der Waals surface area contributed by atoms with E-state index in [-0.39, 0.29) is 0 Å². The Bertz CT molecular complexity index is 3760. The van der Waals surface area contributed by atoms with Crippen molar-refractivity contribution in [2.45, 2.75) is 0 Å². The molecular formula is C54H31N5. The smallest absolute Gasteiger partial charge is 0.212 e. The molecule has 0 bridgehead atoms.